The topological polar surface area (TPSA) is 67.8 Å². The highest BCUT2D eigenvalue weighted by atomic mass is 35.5. The first-order valence-corrected chi connectivity index (χ1v) is 6.45. The van der Waals surface area contributed by atoms with Gasteiger partial charge >= 0.3 is 0 Å². The molecule has 0 unspecified atom stereocenters. The molecule has 0 radical (unpaired) electrons. The van der Waals surface area contributed by atoms with Crippen LogP contribution in [-0.4, -0.2) is 25.2 Å². The number of hydrogen-bond acceptors (Lipinski definition) is 4. The number of methoxy groups -OCH3 is 2. The maximum absolute atomic E-state index is 12.2. The standard InChI is InChI=1S/C15H14ClNO4/c1-20-13-6-3-9(7-14(13)21-2)15(19)17-10-4-5-11(16)12(18)8-10/h3-8,18H,1-2H3,(H,17,19). The predicted molar refractivity (Wildman–Crippen MR) is 80.6 cm³/mol. The molecule has 2 aromatic rings. The van der Waals surface area contributed by atoms with Crippen LogP contribution in [0.25, 0.3) is 0 Å². The van der Waals surface area contributed by atoms with E-state index in [4.69, 9.17) is 21.1 Å². The number of amides is 1. The van der Waals surface area contributed by atoms with E-state index in [2.05, 4.69) is 5.32 Å². The van der Waals surface area contributed by atoms with Gasteiger partial charge in [-0.15, -0.1) is 0 Å². The smallest absolute Gasteiger partial charge is 0.255 e. The first kappa shape index (κ1) is 15.0. The van der Waals surface area contributed by atoms with Crippen molar-refractivity contribution in [2.75, 3.05) is 19.5 Å². The third-order valence-electron chi connectivity index (χ3n) is 2.85. The summed E-state index contributed by atoms with van der Waals surface area (Å²) in [4.78, 5) is 12.2. The zero-order chi connectivity index (χ0) is 15.4. The van der Waals surface area contributed by atoms with Crippen LogP contribution < -0.4 is 14.8 Å². The van der Waals surface area contributed by atoms with Crippen LogP contribution in [0.5, 0.6) is 17.2 Å². The maximum atomic E-state index is 12.2. The summed E-state index contributed by atoms with van der Waals surface area (Å²) < 4.78 is 10.3. The van der Waals surface area contributed by atoms with Crippen molar-refractivity contribution >= 4 is 23.2 Å². The highest BCUT2D eigenvalue weighted by Gasteiger charge is 2.11. The summed E-state index contributed by atoms with van der Waals surface area (Å²) in [6.07, 6.45) is 0. The van der Waals surface area contributed by atoms with Crippen molar-refractivity contribution in [3.63, 3.8) is 0 Å². The van der Waals surface area contributed by atoms with Gasteiger partial charge in [0.2, 0.25) is 0 Å². The van der Waals surface area contributed by atoms with Gasteiger partial charge in [0.15, 0.2) is 11.5 Å². The molecule has 2 N–H and O–H groups in total. The number of phenolic OH excluding ortho intramolecular Hbond substituents is 1. The van der Waals surface area contributed by atoms with Crippen molar-refractivity contribution in [3.8, 4) is 17.2 Å². The summed E-state index contributed by atoms with van der Waals surface area (Å²) >= 11 is 5.71. The second-order valence-electron chi connectivity index (χ2n) is 4.19. The van der Waals surface area contributed by atoms with Crippen LogP contribution in [0.1, 0.15) is 10.4 Å². The highest BCUT2D eigenvalue weighted by Crippen LogP contribution is 2.29. The Morgan fingerprint density at radius 3 is 2.43 bits per heavy atom. The summed E-state index contributed by atoms with van der Waals surface area (Å²) in [6.45, 7) is 0. The van der Waals surface area contributed by atoms with Crippen LogP contribution in [-0.2, 0) is 0 Å². The van der Waals surface area contributed by atoms with Gasteiger partial charge in [-0.1, -0.05) is 11.6 Å². The van der Waals surface area contributed by atoms with Crippen molar-refractivity contribution in [2.24, 2.45) is 0 Å². The molecule has 2 aromatic carbocycles. The average Bonchev–Trinajstić information content (AvgIpc) is 2.50. The lowest BCUT2D eigenvalue weighted by Crippen LogP contribution is -2.12. The van der Waals surface area contributed by atoms with Crippen LogP contribution in [0.4, 0.5) is 5.69 Å². The summed E-state index contributed by atoms with van der Waals surface area (Å²) in [6, 6.07) is 9.31. The molecule has 0 saturated heterocycles. The van der Waals surface area contributed by atoms with E-state index in [9.17, 15) is 9.90 Å². The van der Waals surface area contributed by atoms with E-state index in [0.29, 0.717) is 22.7 Å². The minimum Gasteiger partial charge on any atom is -0.506 e. The summed E-state index contributed by atoms with van der Waals surface area (Å²) in [5, 5.41) is 12.4. The first-order valence-electron chi connectivity index (χ1n) is 6.07. The number of hydrogen-bond donors (Lipinski definition) is 2. The molecule has 21 heavy (non-hydrogen) atoms. The zero-order valence-electron chi connectivity index (χ0n) is 11.5. The Morgan fingerprint density at radius 1 is 1.10 bits per heavy atom. The molecule has 0 aliphatic heterocycles. The Labute approximate surface area is 127 Å². The van der Waals surface area contributed by atoms with Gasteiger partial charge in [-0.3, -0.25) is 4.79 Å². The third kappa shape index (κ3) is 3.38. The highest BCUT2D eigenvalue weighted by molar-refractivity contribution is 6.32. The maximum Gasteiger partial charge on any atom is 0.255 e. The monoisotopic (exact) mass is 307 g/mol. The van der Waals surface area contributed by atoms with Gasteiger partial charge in [-0.05, 0) is 30.3 Å². The number of carbonyl (C=O) groups excluding carboxylic acids is 1. The van der Waals surface area contributed by atoms with Gasteiger partial charge in [-0.25, -0.2) is 0 Å². The molecule has 0 aliphatic carbocycles. The van der Waals surface area contributed by atoms with Gasteiger partial charge in [0, 0.05) is 17.3 Å². The van der Waals surface area contributed by atoms with Gasteiger partial charge in [0.1, 0.15) is 5.75 Å². The molecule has 0 aliphatic rings. The summed E-state index contributed by atoms with van der Waals surface area (Å²) in [7, 11) is 3.02. The lowest BCUT2D eigenvalue weighted by atomic mass is 10.2. The molecule has 5 nitrogen and oxygen atoms in total. The molecule has 0 bridgehead atoms. The second kappa shape index (κ2) is 6.37. The Hall–Kier alpha value is -2.40. The number of carbonyl (C=O) groups is 1. The van der Waals surface area contributed by atoms with Crippen molar-refractivity contribution in [1.82, 2.24) is 0 Å². The summed E-state index contributed by atoms with van der Waals surface area (Å²) in [5.41, 5.74) is 0.846. The lowest BCUT2D eigenvalue weighted by molar-refractivity contribution is 0.102. The first-order chi connectivity index (χ1) is 10.0. The minimum absolute atomic E-state index is 0.0956. The van der Waals surface area contributed by atoms with E-state index in [1.165, 1.54) is 26.4 Å². The van der Waals surface area contributed by atoms with Crippen molar-refractivity contribution in [3.05, 3.63) is 47.0 Å². The molecule has 1 amide bonds. The Bertz CT molecular complexity index is 673. The van der Waals surface area contributed by atoms with Gasteiger partial charge in [0.25, 0.3) is 5.91 Å². The molecule has 0 spiro atoms. The van der Waals surface area contributed by atoms with E-state index in [-0.39, 0.29) is 16.7 Å². The van der Waals surface area contributed by atoms with E-state index in [0.717, 1.165) is 0 Å². The van der Waals surface area contributed by atoms with Crippen LogP contribution in [0.2, 0.25) is 5.02 Å². The van der Waals surface area contributed by atoms with Crippen molar-refractivity contribution in [1.29, 1.82) is 0 Å². The molecular formula is C15H14ClNO4. The third-order valence-corrected chi connectivity index (χ3v) is 3.17. The van der Waals surface area contributed by atoms with Crippen LogP contribution >= 0.6 is 11.6 Å². The second-order valence-corrected chi connectivity index (χ2v) is 4.60. The normalized spacial score (nSPS) is 10.0. The van der Waals surface area contributed by atoms with Crippen LogP contribution in [0.15, 0.2) is 36.4 Å². The van der Waals surface area contributed by atoms with Gasteiger partial charge < -0.3 is 19.9 Å². The van der Waals surface area contributed by atoms with Crippen molar-refractivity contribution in [2.45, 2.75) is 0 Å². The largest absolute Gasteiger partial charge is 0.506 e. The van der Waals surface area contributed by atoms with E-state index in [1.54, 1.807) is 24.3 Å². The molecule has 0 fully saturated rings. The van der Waals surface area contributed by atoms with E-state index < -0.39 is 0 Å². The fourth-order valence-electron chi connectivity index (χ4n) is 1.77. The fraction of sp³-hybridized carbons (Fsp3) is 0.133. The predicted octanol–water partition coefficient (Wildman–Crippen LogP) is 3.32. The molecule has 0 saturated carbocycles. The molecular weight excluding hydrogens is 294 g/mol. The lowest BCUT2D eigenvalue weighted by Gasteiger charge is -2.10. The quantitative estimate of drug-likeness (QED) is 0.909. The molecule has 110 valence electrons. The van der Waals surface area contributed by atoms with E-state index in [1.807, 2.05) is 0 Å². The molecule has 0 aromatic heterocycles. The number of aromatic hydroxyl groups is 1. The Kier molecular flexibility index (Phi) is 4.55. The Morgan fingerprint density at radius 2 is 1.81 bits per heavy atom. The number of nitrogens with one attached hydrogen (secondary N) is 1. The molecule has 0 atom stereocenters. The zero-order valence-corrected chi connectivity index (χ0v) is 12.3. The number of benzene rings is 2. The van der Waals surface area contributed by atoms with Crippen molar-refractivity contribution < 1.29 is 19.4 Å². The van der Waals surface area contributed by atoms with Gasteiger partial charge in [0.05, 0.1) is 19.2 Å². The van der Waals surface area contributed by atoms with Crippen LogP contribution in [0.3, 0.4) is 0 Å². The molecule has 6 heteroatoms. The number of anilines is 1. The number of rotatable bonds is 4. The average molecular weight is 308 g/mol. The SMILES string of the molecule is COc1ccc(C(=O)Nc2ccc(Cl)c(O)c2)cc1OC. The summed E-state index contributed by atoms with van der Waals surface area (Å²) in [5.74, 6) is 0.571. The Balaban J connectivity index is 2.21. The fourth-order valence-corrected chi connectivity index (χ4v) is 1.89. The number of phenols is 1. The molecule has 2 rings (SSSR count). The minimum atomic E-state index is -0.335. The van der Waals surface area contributed by atoms with E-state index >= 15 is 0 Å². The number of ether oxygens (including phenoxy) is 2. The molecule has 0 heterocycles. The number of halogens is 1. The van der Waals surface area contributed by atoms with Crippen LogP contribution in [0, 0.1) is 0 Å². The van der Waals surface area contributed by atoms with Gasteiger partial charge in [-0.2, -0.15) is 0 Å².